The summed E-state index contributed by atoms with van der Waals surface area (Å²) in [6, 6.07) is 2.03. The summed E-state index contributed by atoms with van der Waals surface area (Å²) in [6.45, 7) is 2.05. The van der Waals surface area contributed by atoms with Crippen LogP contribution in [0.25, 0.3) is 0 Å². The highest BCUT2D eigenvalue weighted by Crippen LogP contribution is 2.11. The normalized spacial score (nSPS) is 10.9. The molecule has 0 aliphatic carbocycles. The Balaban J connectivity index is 3.37. The Morgan fingerprint density at radius 2 is 2.07 bits per heavy atom. The van der Waals surface area contributed by atoms with Crippen molar-refractivity contribution < 1.29 is 4.79 Å². The highest BCUT2D eigenvalue weighted by Gasteiger charge is 2.05. The molecule has 0 spiro atoms. The predicted molar refractivity (Wildman–Crippen MR) is 60.9 cm³/mol. The number of aldehydes is 1. The van der Waals surface area contributed by atoms with E-state index in [1.165, 1.54) is 0 Å². The summed E-state index contributed by atoms with van der Waals surface area (Å²) in [4.78, 5) is 10.5. The monoisotopic (exact) mass is 205 g/mol. The van der Waals surface area contributed by atoms with E-state index in [2.05, 4.69) is 11.8 Å². The molecule has 0 saturated heterocycles. The third kappa shape index (κ3) is 9.03. The summed E-state index contributed by atoms with van der Waals surface area (Å²) in [7, 11) is 0. The topological polar surface area (TPSA) is 40.9 Å². The van der Waals surface area contributed by atoms with Crippen molar-refractivity contribution in [3.05, 3.63) is 0 Å². The molecule has 0 radical (unpaired) electrons. The van der Waals surface area contributed by atoms with Gasteiger partial charge in [0.05, 0.1) is 6.07 Å². The van der Waals surface area contributed by atoms with Gasteiger partial charge >= 0.3 is 0 Å². The molecule has 0 bridgehead atoms. The second kappa shape index (κ2) is 10.8. The molecule has 0 aromatic rings. The van der Waals surface area contributed by atoms with Crippen molar-refractivity contribution >= 4 is 6.29 Å². The fraction of sp³-hybridized carbons (Fsp3) is 0.692. The molecule has 0 N–H and O–H groups in total. The maximum Gasteiger partial charge on any atom is 0.124 e. The van der Waals surface area contributed by atoms with E-state index in [-0.39, 0.29) is 5.92 Å². The lowest BCUT2D eigenvalue weighted by atomic mass is 10.00. The third-order valence-corrected chi connectivity index (χ3v) is 2.22. The fourth-order valence-corrected chi connectivity index (χ4v) is 1.35. The zero-order valence-electron chi connectivity index (χ0n) is 9.46. The number of nitriles is 1. The maximum absolute atomic E-state index is 10.5. The standard InChI is InChI=1S/C13H19NO/c1-2-3-4-5-6-7-8-9-13(12-15)10-11-14/h12-13H,2,5-10H2,1H3/t13-/m1/s1. The van der Waals surface area contributed by atoms with Gasteiger partial charge in [-0.25, -0.2) is 0 Å². The average Bonchev–Trinajstić information content (AvgIpc) is 2.26. The summed E-state index contributed by atoms with van der Waals surface area (Å²) in [5.41, 5.74) is 0. The molecule has 0 aliphatic heterocycles. The summed E-state index contributed by atoms with van der Waals surface area (Å²) in [5, 5.41) is 8.44. The molecule has 0 fully saturated rings. The first-order valence-electron chi connectivity index (χ1n) is 5.63. The number of rotatable bonds is 7. The van der Waals surface area contributed by atoms with Gasteiger partial charge < -0.3 is 4.79 Å². The smallest absolute Gasteiger partial charge is 0.124 e. The van der Waals surface area contributed by atoms with Gasteiger partial charge in [-0.05, 0) is 12.8 Å². The lowest BCUT2D eigenvalue weighted by Gasteiger charge is -2.03. The van der Waals surface area contributed by atoms with Crippen LogP contribution in [0.3, 0.4) is 0 Å². The van der Waals surface area contributed by atoms with Crippen molar-refractivity contribution in [3.63, 3.8) is 0 Å². The van der Waals surface area contributed by atoms with Gasteiger partial charge in [0.15, 0.2) is 0 Å². The van der Waals surface area contributed by atoms with Crippen LogP contribution in [-0.4, -0.2) is 6.29 Å². The number of carbonyl (C=O) groups excluding carboxylic acids is 1. The van der Waals surface area contributed by atoms with Crippen molar-refractivity contribution in [2.24, 2.45) is 5.92 Å². The summed E-state index contributed by atoms with van der Waals surface area (Å²) in [5.74, 6) is 6.06. The Morgan fingerprint density at radius 1 is 1.27 bits per heavy atom. The van der Waals surface area contributed by atoms with E-state index >= 15 is 0 Å². The van der Waals surface area contributed by atoms with Gasteiger partial charge in [0.25, 0.3) is 0 Å². The summed E-state index contributed by atoms with van der Waals surface area (Å²) in [6.07, 6.45) is 7.23. The Morgan fingerprint density at radius 3 is 2.67 bits per heavy atom. The quantitative estimate of drug-likeness (QED) is 0.364. The Bertz CT molecular complexity index is 254. The number of hydrogen-bond donors (Lipinski definition) is 0. The van der Waals surface area contributed by atoms with Gasteiger partial charge in [0.2, 0.25) is 0 Å². The zero-order valence-corrected chi connectivity index (χ0v) is 9.46. The van der Waals surface area contributed by atoms with Crippen LogP contribution in [0.1, 0.15) is 51.9 Å². The lowest BCUT2D eigenvalue weighted by Crippen LogP contribution is -2.00. The van der Waals surface area contributed by atoms with Crippen LogP contribution in [0.15, 0.2) is 0 Å². The molecule has 0 amide bonds. The Kier molecular flexibility index (Phi) is 9.88. The molecule has 0 unspecified atom stereocenters. The molecule has 0 saturated carbocycles. The molecule has 0 rings (SSSR count). The van der Waals surface area contributed by atoms with Crippen molar-refractivity contribution in [1.29, 1.82) is 5.26 Å². The van der Waals surface area contributed by atoms with E-state index in [0.717, 1.165) is 44.8 Å². The van der Waals surface area contributed by atoms with E-state index in [9.17, 15) is 4.79 Å². The van der Waals surface area contributed by atoms with E-state index in [1.807, 2.05) is 13.0 Å². The highest BCUT2D eigenvalue weighted by atomic mass is 16.1. The van der Waals surface area contributed by atoms with Crippen molar-refractivity contribution in [2.45, 2.75) is 51.9 Å². The molecule has 1 atom stereocenters. The van der Waals surface area contributed by atoms with Crippen LogP contribution in [0.5, 0.6) is 0 Å². The molecule has 15 heavy (non-hydrogen) atoms. The van der Waals surface area contributed by atoms with Gasteiger partial charge in [-0.2, -0.15) is 5.26 Å². The first-order valence-corrected chi connectivity index (χ1v) is 5.63. The Hall–Kier alpha value is -1.28. The number of nitrogens with zero attached hydrogens (tertiary/aromatic N) is 1. The van der Waals surface area contributed by atoms with Gasteiger partial charge in [-0.1, -0.05) is 19.8 Å². The fourth-order valence-electron chi connectivity index (χ4n) is 1.35. The molecular weight excluding hydrogens is 186 g/mol. The number of carbonyl (C=O) groups is 1. The molecule has 0 heterocycles. The highest BCUT2D eigenvalue weighted by molar-refractivity contribution is 5.53. The third-order valence-electron chi connectivity index (χ3n) is 2.22. The summed E-state index contributed by atoms with van der Waals surface area (Å²) < 4.78 is 0. The SMILES string of the molecule is CCC#CCCCCC[C@@H](C=O)CC#N. The molecule has 82 valence electrons. The van der Waals surface area contributed by atoms with Gasteiger partial charge in [0, 0.05) is 25.2 Å². The van der Waals surface area contributed by atoms with Crippen LogP contribution < -0.4 is 0 Å². The number of unbranched alkanes of at least 4 members (excludes halogenated alkanes) is 3. The molecule has 0 aliphatic rings. The minimum atomic E-state index is -0.0586. The minimum Gasteiger partial charge on any atom is -0.303 e. The first-order chi connectivity index (χ1) is 7.35. The van der Waals surface area contributed by atoms with E-state index in [0.29, 0.717) is 6.42 Å². The van der Waals surface area contributed by atoms with Gasteiger partial charge in [0.1, 0.15) is 6.29 Å². The van der Waals surface area contributed by atoms with Crippen molar-refractivity contribution in [2.75, 3.05) is 0 Å². The van der Waals surface area contributed by atoms with Crippen LogP contribution in [0, 0.1) is 29.1 Å². The van der Waals surface area contributed by atoms with Crippen molar-refractivity contribution in [1.82, 2.24) is 0 Å². The molecular formula is C13H19NO. The first kappa shape index (κ1) is 13.7. The average molecular weight is 205 g/mol. The van der Waals surface area contributed by atoms with Crippen LogP contribution in [0.2, 0.25) is 0 Å². The maximum atomic E-state index is 10.5. The van der Waals surface area contributed by atoms with Crippen LogP contribution in [0.4, 0.5) is 0 Å². The van der Waals surface area contributed by atoms with Gasteiger partial charge in [-0.3, -0.25) is 0 Å². The largest absolute Gasteiger partial charge is 0.303 e. The Labute approximate surface area is 92.7 Å². The molecule has 0 aromatic carbocycles. The van der Waals surface area contributed by atoms with Crippen LogP contribution >= 0.6 is 0 Å². The minimum absolute atomic E-state index is 0.0586. The van der Waals surface area contributed by atoms with Crippen molar-refractivity contribution in [3.8, 4) is 17.9 Å². The zero-order chi connectivity index (χ0) is 11.4. The van der Waals surface area contributed by atoms with E-state index in [4.69, 9.17) is 5.26 Å². The van der Waals surface area contributed by atoms with E-state index < -0.39 is 0 Å². The molecule has 2 nitrogen and oxygen atoms in total. The molecule has 0 aromatic heterocycles. The van der Waals surface area contributed by atoms with E-state index in [1.54, 1.807) is 0 Å². The predicted octanol–water partition coefficient (Wildman–Crippen LogP) is 3.08. The second-order valence-corrected chi connectivity index (χ2v) is 3.56. The molecule has 2 heteroatoms. The lowest BCUT2D eigenvalue weighted by molar-refractivity contribution is -0.111. The van der Waals surface area contributed by atoms with Gasteiger partial charge in [-0.15, -0.1) is 11.8 Å². The summed E-state index contributed by atoms with van der Waals surface area (Å²) >= 11 is 0. The van der Waals surface area contributed by atoms with Crippen LogP contribution in [-0.2, 0) is 4.79 Å². The second-order valence-electron chi connectivity index (χ2n) is 3.56. The number of hydrogen-bond acceptors (Lipinski definition) is 2.